The summed E-state index contributed by atoms with van der Waals surface area (Å²) in [4.78, 5) is 12.0. The molecule has 0 aliphatic carbocycles. The van der Waals surface area contributed by atoms with Crippen LogP contribution in [-0.2, 0) is 4.79 Å². The monoisotopic (exact) mass is 318 g/mol. The fourth-order valence-electron chi connectivity index (χ4n) is 1.87. The Hall–Kier alpha value is -1.66. The highest BCUT2D eigenvalue weighted by Crippen LogP contribution is 2.42. The first-order chi connectivity index (χ1) is 9.58. The van der Waals surface area contributed by atoms with Crippen LogP contribution in [-0.4, -0.2) is 33.3 Å². The van der Waals surface area contributed by atoms with Crippen molar-refractivity contribution >= 4 is 24.0 Å². The summed E-state index contributed by atoms with van der Waals surface area (Å²) < 4.78 is 15.7. The molecule has 0 saturated heterocycles. The number of amides is 1. The highest BCUT2D eigenvalue weighted by Gasteiger charge is 2.19. The van der Waals surface area contributed by atoms with E-state index < -0.39 is 6.04 Å². The van der Waals surface area contributed by atoms with Gasteiger partial charge in [0.2, 0.25) is 11.7 Å². The fraction of sp³-hybridized carbons (Fsp3) is 0.500. The average Bonchev–Trinajstić information content (AvgIpc) is 2.46. The standard InChI is InChI=1S/C14H22N2O4.ClH/c1-5-6-9(15)14(17)16-10-7-8-11(18-2)13(20-4)12(10)19-3;/h7-9H,5-6,15H2,1-4H3,(H,16,17);1H. The number of nitrogens with one attached hydrogen (secondary N) is 1. The minimum atomic E-state index is -0.544. The third-order valence-corrected chi connectivity index (χ3v) is 2.90. The van der Waals surface area contributed by atoms with E-state index in [1.807, 2.05) is 6.92 Å². The molecule has 0 aliphatic rings. The van der Waals surface area contributed by atoms with Crippen molar-refractivity contribution in [2.75, 3.05) is 26.6 Å². The number of nitrogens with two attached hydrogens (primary N) is 1. The summed E-state index contributed by atoms with van der Waals surface area (Å²) in [5.41, 5.74) is 6.29. The molecular formula is C14H23ClN2O4. The predicted molar refractivity (Wildman–Crippen MR) is 84.9 cm³/mol. The zero-order chi connectivity index (χ0) is 15.1. The van der Waals surface area contributed by atoms with Crippen molar-refractivity contribution in [2.24, 2.45) is 5.73 Å². The van der Waals surface area contributed by atoms with Crippen LogP contribution in [0.4, 0.5) is 5.69 Å². The van der Waals surface area contributed by atoms with Gasteiger partial charge < -0.3 is 25.3 Å². The zero-order valence-electron chi connectivity index (χ0n) is 12.8. The lowest BCUT2D eigenvalue weighted by Crippen LogP contribution is -2.35. The molecule has 0 radical (unpaired) electrons. The van der Waals surface area contributed by atoms with Gasteiger partial charge in [-0.1, -0.05) is 13.3 Å². The van der Waals surface area contributed by atoms with Crippen molar-refractivity contribution in [3.8, 4) is 17.2 Å². The molecule has 21 heavy (non-hydrogen) atoms. The molecule has 1 aromatic rings. The highest BCUT2D eigenvalue weighted by atomic mass is 35.5. The van der Waals surface area contributed by atoms with Gasteiger partial charge in [0, 0.05) is 0 Å². The first-order valence-corrected chi connectivity index (χ1v) is 6.44. The Morgan fingerprint density at radius 3 is 2.29 bits per heavy atom. The van der Waals surface area contributed by atoms with Crippen LogP contribution in [0.25, 0.3) is 0 Å². The van der Waals surface area contributed by atoms with Gasteiger partial charge in [-0.15, -0.1) is 12.4 Å². The van der Waals surface area contributed by atoms with Crippen molar-refractivity contribution in [2.45, 2.75) is 25.8 Å². The largest absolute Gasteiger partial charge is 0.493 e. The van der Waals surface area contributed by atoms with E-state index in [1.165, 1.54) is 21.3 Å². The topological polar surface area (TPSA) is 82.8 Å². The second kappa shape index (κ2) is 9.31. The van der Waals surface area contributed by atoms with E-state index in [4.69, 9.17) is 19.9 Å². The third kappa shape index (κ3) is 4.68. The van der Waals surface area contributed by atoms with E-state index in [0.717, 1.165) is 6.42 Å². The van der Waals surface area contributed by atoms with Gasteiger partial charge >= 0.3 is 0 Å². The van der Waals surface area contributed by atoms with Crippen molar-refractivity contribution in [1.29, 1.82) is 0 Å². The van der Waals surface area contributed by atoms with E-state index in [9.17, 15) is 4.79 Å². The third-order valence-electron chi connectivity index (χ3n) is 2.90. The Labute approximate surface area is 131 Å². The molecule has 0 saturated carbocycles. The number of ether oxygens (including phenoxy) is 3. The maximum absolute atomic E-state index is 12.0. The summed E-state index contributed by atoms with van der Waals surface area (Å²) in [6.45, 7) is 1.98. The first kappa shape index (κ1) is 19.3. The summed E-state index contributed by atoms with van der Waals surface area (Å²) >= 11 is 0. The van der Waals surface area contributed by atoms with Crippen LogP contribution in [0.2, 0.25) is 0 Å². The van der Waals surface area contributed by atoms with Gasteiger partial charge in [-0.3, -0.25) is 4.79 Å². The van der Waals surface area contributed by atoms with Gasteiger partial charge in [0.1, 0.15) is 0 Å². The number of hydrogen-bond acceptors (Lipinski definition) is 5. The van der Waals surface area contributed by atoms with Gasteiger partial charge in [-0.25, -0.2) is 0 Å². The zero-order valence-corrected chi connectivity index (χ0v) is 13.6. The molecule has 0 aliphatic heterocycles. The van der Waals surface area contributed by atoms with Crippen LogP contribution in [0.1, 0.15) is 19.8 Å². The number of rotatable bonds is 7. The molecule has 1 rings (SSSR count). The number of carbonyl (C=O) groups excluding carboxylic acids is 1. The Balaban J connectivity index is 0.00000400. The first-order valence-electron chi connectivity index (χ1n) is 6.44. The van der Waals surface area contributed by atoms with Crippen LogP contribution in [0.15, 0.2) is 12.1 Å². The highest BCUT2D eigenvalue weighted by molar-refractivity contribution is 5.96. The molecule has 0 bridgehead atoms. The van der Waals surface area contributed by atoms with Crippen LogP contribution in [0.3, 0.4) is 0 Å². The lowest BCUT2D eigenvalue weighted by atomic mass is 10.1. The SMILES string of the molecule is CCCC(N)C(=O)Nc1ccc(OC)c(OC)c1OC.Cl. The molecule has 0 fully saturated rings. The predicted octanol–water partition coefficient (Wildman–Crippen LogP) is 2.20. The van der Waals surface area contributed by atoms with Gasteiger partial charge in [0.15, 0.2) is 11.5 Å². The molecule has 6 nitrogen and oxygen atoms in total. The average molecular weight is 319 g/mol. The van der Waals surface area contributed by atoms with Crippen molar-refractivity contribution in [3.05, 3.63) is 12.1 Å². The lowest BCUT2D eigenvalue weighted by Gasteiger charge is -2.17. The van der Waals surface area contributed by atoms with Gasteiger partial charge in [0.25, 0.3) is 0 Å². The Morgan fingerprint density at radius 1 is 1.19 bits per heavy atom. The van der Waals surface area contributed by atoms with Crippen LogP contribution < -0.4 is 25.3 Å². The van der Waals surface area contributed by atoms with E-state index in [-0.39, 0.29) is 18.3 Å². The molecule has 120 valence electrons. The summed E-state index contributed by atoms with van der Waals surface area (Å²) in [5.74, 6) is 1.11. The molecule has 1 amide bonds. The quantitative estimate of drug-likeness (QED) is 0.805. The summed E-state index contributed by atoms with van der Waals surface area (Å²) in [5, 5.41) is 2.75. The van der Waals surface area contributed by atoms with Crippen molar-refractivity contribution < 1.29 is 19.0 Å². The van der Waals surface area contributed by atoms with Gasteiger partial charge in [-0.2, -0.15) is 0 Å². The summed E-state index contributed by atoms with van der Waals surface area (Å²) in [6.07, 6.45) is 1.47. The van der Waals surface area contributed by atoms with E-state index in [0.29, 0.717) is 29.4 Å². The minimum Gasteiger partial charge on any atom is -0.493 e. The number of benzene rings is 1. The molecule has 7 heteroatoms. The molecular weight excluding hydrogens is 296 g/mol. The van der Waals surface area contributed by atoms with E-state index >= 15 is 0 Å². The molecule has 1 atom stereocenters. The second-order valence-electron chi connectivity index (χ2n) is 4.27. The molecule has 0 spiro atoms. The summed E-state index contributed by atoms with van der Waals surface area (Å²) in [6, 6.07) is 2.84. The smallest absolute Gasteiger partial charge is 0.241 e. The number of carbonyl (C=O) groups is 1. The molecule has 1 aromatic carbocycles. The van der Waals surface area contributed by atoms with E-state index in [1.54, 1.807) is 12.1 Å². The van der Waals surface area contributed by atoms with Crippen LogP contribution in [0, 0.1) is 0 Å². The molecule has 3 N–H and O–H groups in total. The molecule has 0 aromatic heterocycles. The Bertz CT molecular complexity index is 469. The molecule has 1 unspecified atom stereocenters. The minimum absolute atomic E-state index is 0. The second-order valence-corrected chi connectivity index (χ2v) is 4.27. The van der Waals surface area contributed by atoms with Crippen LogP contribution >= 0.6 is 12.4 Å². The maximum Gasteiger partial charge on any atom is 0.241 e. The normalized spacial score (nSPS) is 11.1. The number of hydrogen-bond donors (Lipinski definition) is 2. The van der Waals surface area contributed by atoms with Crippen LogP contribution in [0.5, 0.6) is 17.2 Å². The number of halogens is 1. The number of methoxy groups -OCH3 is 3. The van der Waals surface area contributed by atoms with Crippen molar-refractivity contribution in [3.63, 3.8) is 0 Å². The molecule has 0 heterocycles. The lowest BCUT2D eigenvalue weighted by molar-refractivity contribution is -0.117. The Kier molecular flexibility index (Phi) is 8.57. The fourth-order valence-corrected chi connectivity index (χ4v) is 1.87. The maximum atomic E-state index is 12.0. The number of anilines is 1. The van der Waals surface area contributed by atoms with Crippen molar-refractivity contribution in [1.82, 2.24) is 0 Å². The Morgan fingerprint density at radius 2 is 1.81 bits per heavy atom. The van der Waals surface area contributed by atoms with Gasteiger partial charge in [-0.05, 0) is 18.6 Å². The van der Waals surface area contributed by atoms with E-state index in [2.05, 4.69) is 5.32 Å². The van der Waals surface area contributed by atoms with Gasteiger partial charge in [0.05, 0.1) is 33.1 Å². The summed E-state index contributed by atoms with van der Waals surface area (Å²) in [7, 11) is 4.54.